The summed E-state index contributed by atoms with van der Waals surface area (Å²) >= 11 is 0. The Morgan fingerprint density at radius 2 is 1.86 bits per heavy atom. The van der Waals surface area contributed by atoms with Crippen molar-refractivity contribution >= 4 is 11.8 Å². The van der Waals surface area contributed by atoms with Crippen molar-refractivity contribution in [2.45, 2.75) is 19.9 Å². The summed E-state index contributed by atoms with van der Waals surface area (Å²) in [5.74, 6) is -1.25. The molecule has 0 saturated carbocycles. The van der Waals surface area contributed by atoms with Crippen LogP contribution in [0.4, 0.5) is 4.39 Å². The molecule has 0 radical (unpaired) electrons. The zero-order valence-corrected chi connectivity index (χ0v) is 16.7. The van der Waals surface area contributed by atoms with Gasteiger partial charge in [-0.2, -0.15) is 0 Å². The van der Waals surface area contributed by atoms with Gasteiger partial charge in [-0.3, -0.25) is 9.59 Å². The molecule has 0 aliphatic heterocycles. The van der Waals surface area contributed by atoms with Gasteiger partial charge >= 0.3 is 0 Å². The molecule has 1 aromatic heterocycles. The second kappa shape index (κ2) is 10.6. The van der Waals surface area contributed by atoms with Crippen molar-refractivity contribution in [1.82, 2.24) is 14.4 Å². The molecule has 0 atom stereocenters. The first-order chi connectivity index (χ1) is 13.5. The van der Waals surface area contributed by atoms with Gasteiger partial charge in [-0.15, -0.1) is 0 Å². The summed E-state index contributed by atoms with van der Waals surface area (Å²) in [6.07, 6.45) is 2.59. The molecule has 2 aromatic rings. The molecule has 6 nitrogen and oxygen atoms in total. The fraction of sp³-hybridized carbons (Fsp3) is 0.429. The zero-order valence-electron chi connectivity index (χ0n) is 16.7. The summed E-state index contributed by atoms with van der Waals surface area (Å²) in [6, 6.07) is 9.70. The Morgan fingerprint density at radius 3 is 2.46 bits per heavy atom. The van der Waals surface area contributed by atoms with Gasteiger partial charge in [0.25, 0.3) is 5.91 Å². The third-order valence-electron chi connectivity index (χ3n) is 4.53. The molecular formula is C21H28FN3O3. The highest BCUT2D eigenvalue weighted by Gasteiger charge is 2.24. The van der Waals surface area contributed by atoms with Crippen LogP contribution in [0.25, 0.3) is 0 Å². The number of nitrogens with zero attached hydrogens (tertiary/aromatic N) is 3. The summed E-state index contributed by atoms with van der Waals surface area (Å²) in [6.45, 7) is 3.41. The van der Waals surface area contributed by atoms with Gasteiger partial charge in [0, 0.05) is 39.1 Å². The molecule has 2 rings (SSSR count). The Hall–Kier alpha value is -2.67. The summed E-state index contributed by atoms with van der Waals surface area (Å²) < 4.78 is 21.1. The minimum absolute atomic E-state index is 0.0189. The molecule has 0 aliphatic carbocycles. The van der Waals surface area contributed by atoms with Crippen molar-refractivity contribution in [1.29, 1.82) is 0 Å². The van der Waals surface area contributed by atoms with E-state index >= 15 is 0 Å². The highest BCUT2D eigenvalue weighted by Crippen LogP contribution is 2.12. The van der Waals surface area contributed by atoms with Crippen molar-refractivity contribution in [2.75, 3.05) is 33.4 Å². The van der Waals surface area contributed by atoms with Crippen LogP contribution in [-0.2, 0) is 23.1 Å². The van der Waals surface area contributed by atoms with Crippen LogP contribution in [0.3, 0.4) is 0 Å². The van der Waals surface area contributed by atoms with E-state index in [2.05, 4.69) is 0 Å². The van der Waals surface area contributed by atoms with Gasteiger partial charge in [-0.05, 0) is 30.7 Å². The number of rotatable bonds is 10. The first-order valence-corrected chi connectivity index (χ1v) is 9.38. The lowest BCUT2D eigenvalue weighted by Gasteiger charge is -2.27. The quantitative estimate of drug-likeness (QED) is 0.628. The monoisotopic (exact) mass is 389 g/mol. The zero-order chi connectivity index (χ0) is 20.5. The van der Waals surface area contributed by atoms with E-state index in [1.54, 1.807) is 18.1 Å². The van der Waals surface area contributed by atoms with E-state index in [1.165, 1.54) is 23.1 Å². The highest BCUT2D eigenvalue weighted by atomic mass is 19.1. The Balaban J connectivity index is 2.15. The molecule has 0 bridgehead atoms. The maximum absolute atomic E-state index is 14.0. The first-order valence-electron chi connectivity index (χ1n) is 9.38. The standard InChI is InChI=1S/C21H28FN3O3/c1-4-11-25(21(27)18-9-5-6-10-19(18)22)16-20(26)24(13-14-28-3)15-17-8-7-12-23(17)2/h5-10,12H,4,11,13-16H2,1-3H3. The van der Waals surface area contributed by atoms with E-state index in [0.29, 0.717) is 32.7 Å². The van der Waals surface area contributed by atoms with Crippen LogP contribution in [0.15, 0.2) is 42.6 Å². The topological polar surface area (TPSA) is 54.8 Å². The predicted molar refractivity (Wildman–Crippen MR) is 105 cm³/mol. The summed E-state index contributed by atoms with van der Waals surface area (Å²) in [5, 5.41) is 0. The number of ether oxygens (including phenoxy) is 1. The Morgan fingerprint density at radius 1 is 1.11 bits per heavy atom. The number of amides is 2. The molecule has 0 fully saturated rings. The number of hydrogen-bond donors (Lipinski definition) is 0. The molecule has 2 amide bonds. The van der Waals surface area contributed by atoms with Crippen molar-refractivity contribution in [2.24, 2.45) is 7.05 Å². The van der Waals surface area contributed by atoms with Gasteiger partial charge in [-0.25, -0.2) is 4.39 Å². The lowest BCUT2D eigenvalue weighted by atomic mass is 10.1. The third kappa shape index (κ3) is 5.66. The van der Waals surface area contributed by atoms with Crippen LogP contribution in [0, 0.1) is 5.82 Å². The van der Waals surface area contributed by atoms with Crippen molar-refractivity contribution in [3.8, 4) is 0 Å². The number of methoxy groups -OCH3 is 1. The van der Waals surface area contributed by atoms with Gasteiger partial charge in [0.15, 0.2) is 0 Å². The summed E-state index contributed by atoms with van der Waals surface area (Å²) in [7, 11) is 3.50. The molecular weight excluding hydrogens is 361 g/mol. The van der Waals surface area contributed by atoms with E-state index in [1.807, 2.05) is 36.9 Å². The third-order valence-corrected chi connectivity index (χ3v) is 4.53. The van der Waals surface area contributed by atoms with Crippen molar-refractivity contribution in [3.63, 3.8) is 0 Å². The van der Waals surface area contributed by atoms with E-state index in [9.17, 15) is 14.0 Å². The largest absolute Gasteiger partial charge is 0.383 e. The number of aryl methyl sites for hydroxylation is 1. The van der Waals surface area contributed by atoms with Crippen LogP contribution >= 0.6 is 0 Å². The molecule has 0 aliphatic rings. The van der Waals surface area contributed by atoms with Crippen molar-refractivity contribution in [3.05, 3.63) is 59.7 Å². The number of hydrogen-bond acceptors (Lipinski definition) is 3. The molecule has 0 saturated heterocycles. The van der Waals surface area contributed by atoms with Crippen LogP contribution in [0.1, 0.15) is 29.4 Å². The second-order valence-corrected chi connectivity index (χ2v) is 6.63. The summed E-state index contributed by atoms with van der Waals surface area (Å²) in [5.41, 5.74) is 0.960. The average molecular weight is 389 g/mol. The van der Waals surface area contributed by atoms with Gasteiger partial charge in [0.2, 0.25) is 5.91 Å². The van der Waals surface area contributed by atoms with E-state index in [-0.39, 0.29) is 18.0 Å². The second-order valence-electron chi connectivity index (χ2n) is 6.63. The van der Waals surface area contributed by atoms with Gasteiger partial charge in [-0.1, -0.05) is 19.1 Å². The van der Waals surface area contributed by atoms with E-state index < -0.39 is 11.7 Å². The molecule has 152 valence electrons. The minimum atomic E-state index is -0.582. The lowest BCUT2D eigenvalue weighted by Crippen LogP contribution is -2.44. The van der Waals surface area contributed by atoms with Gasteiger partial charge in [0.05, 0.1) is 18.7 Å². The van der Waals surface area contributed by atoms with Crippen molar-refractivity contribution < 1.29 is 18.7 Å². The average Bonchev–Trinajstić information content (AvgIpc) is 3.09. The highest BCUT2D eigenvalue weighted by molar-refractivity contribution is 5.96. The first kappa shape index (κ1) is 21.6. The number of benzene rings is 1. The molecule has 0 N–H and O–H groups in total. The Labute approximate surface area is 165 Å². The van der Waals surface area contributed by atoms with Gasteiger partial charge in [0.1, 0.15) is 12.4 Å². The fourth-order valence-electron chi connectivity index (χ4n) is 2.94. The van der Waals surface area contributed by atoms with E-state index in [0.717, 1.165) is 5.69 Å². The molecule has 28 heavy (non-hydrogen) atoms. The van der Waals surface area contributed by atoms with Crippen LogP contribution in [0.2, 0.25) is 0 Å². The lowest BCUT2D eigenvalue weighted by molar-refractivity contribution is -0.133. The number of carbonyl (C=O) groups excluding carboxylic acids is 2. The molecule has 0 spiro atoms. The van der Waals surface area contributed by atoms with Crippen LogP contribution in [0.5, 0.6) is 0 Å². The molecule has 1 heterocycles. The Bertz CT molecular complexity index is 791. The number of aromatic nitrogens is 1. The van der Waals surface area contributed by atoms with Gasteiger partial charge < -0.3 is 19.1 Å². The normalized spacial score (nSPS) is 10.7. The Kier molecular flexibility index (Phi) is 8.19. The number of halogens is 1. The molecule has 1 aromatic carbocycles. The van der Waals surface area contributed by atoms with Crippen LogP contribution in [-0.4, -0.2) is 59.5 Å². The SMILES string of the molecule is CCCN(CC(=O)N(CCOC)Cc1cccn1C)C(=O)c1ccccc1F. The van der Waals surface area contributed by atoms with E-state index in [4.69, 9.17) is 4.74 Å². The molecule has 7 heteroatoms. The molecule has 0 unspecified atom stereocenters. The smallest absolute Gasteiger partial charge is 0.257 e. The fourth-order valence-corrected chi connectivity index (χ4v) is 2.94. The minimum Gasteiger partial charge on any atom is -0.383 e. The maximum atomic E-state index is 14.0. The number of carbonyl (C=O) groups is 2. The van der Waals surface area contributed by atoms with Crippen LogP contribution < -0.4 is 0 Å². The predicted octanol–water partition coefficient (Wildman–Crippen LogP) is 2.69. The summed E-state index contributed by atoms with van der Waals surface area (Å²) in [4.78, 5) is 28.8. The maximum Gasteiger partial charge on any atom is 0.257 e.